The molecule has 11 heteroatoms. The molecule has 0 aromatic rings. The monoisotopic (exact) mass is 466 g/mol. The minimum absolute atomic E-state index is 0.0146. The number of rotatable bonds is 8. The van der Waals surface area contributed by atoms with Gasteiger partial charge in [-0.15, -0.1) is 0 Å². The Kier molecular flexibility index (Phi) is 10.4. The average molecular weight is 466 g/mol. The molecule has 0 saturated heterocycles. The lowest BCUT2D eigenvalue weighted by molar-refractivity contribution is -0.314. The van der Waals surface area contributed by atoms with Gasteiger partial charge in [-0.1, -0.05) is 27.0 Å². The molecule has 0 amide bonds. The first-order chi connectivity index (χ1) is 13.5. The van der Waals surface area contributed by atoms with Gasteiger partial charge in [0.05, 0.1) is 6.26 Å². The number of hydrogen-bond acceptors (Lipinski definition) is 5. The maximum atomic E-state index is 12.9. The summed E-state index contributed by atoms with van der Waals surface area (Å²) in [5, 5.41) is 19.0. The van der Waals surface area contributed by atoms with Crippen molar-refractivity contribution < 1.29 is 50.8 Å². The van der Waals surface area contributed by atoms with Gasteiger partial charge in [-0.25, -0.2) is 4.79 Å². The van der Waals surface area contributed by atoms with Crippen LogP contribution in [0.2, 0.25) is 0 Å². The lowest BCUT2D eigenvalue weighted by atomic mass is 9.79. The van der Waals surface area contributed by atoms with Gasteiger partial charge in [-0.3, -0.25) is 0 Å². The summed E-state index contributed by atoms with van der Waals surface area (Å²) < 4.78 is 85.0. The molecule has 0 bridgehead atoms. The van der Waals surface area contributed by atoms with Crippen LogP contribution in [0.5, 0.6) is 0 Å². The van der Waals surface area contributed by atoms with Crippen LogP contribution in [0.15, 0.2) is 25.0 Å². The molecule has 2 atom stereocenters. The Morgan fingerprint density at radius 3 is 1.48 bits per heavy atom. The van der Waals surface area contributed by atoms with Crippen molar-refractivity contribution in [3.63, 3.8) is 0 Å². The molecule has 184 valence electrons. The van der Waals surface area contributed by atoms with E-state index in [4.69, 9.17) is 4.74 Å². The van der Waals surface area contributed by atoms with Crippen LogP contribution in [-0.4, -0.2) is 50.9 Å². The van der Waals surface area contributed by atoms with Crippen molar-refractivity contribution in [2.75, 3.05) is 0 Å². The number of alkyl halides is 6. The molecule has 0 aliphatic carbocycles. The van der Waals surface area contributed by atoms with E-state index in [-0.39, 0.29) is 18.4 Å². The van der Waals surface area contributed by atoms with Gasteiger partial charge in [0.15, 0.2) is 11.2 Å². The van der Waals surface area contributed by atoms with E-state index in [2.05, 4.69) is 17.9 Å². The fourth-order valence-corrected chi connectivity index (χ4v) is 2.37. The Bertz CT molecular complexity index is 629. The van der Waals surface area contributed by atoms with Crippen molar-refractivity contribution in [2.45, 2.75) is 96.1 Å². The van der Waals surface area contributed by atoms with E-state index < -0.39 is 40.7 Å². The number of carbonyl (C=O) groups excluding carboxylic acids is 1. The van der Waals surface area contributed by atoms with Crippen LogP contribution in [0.25, 0.3) is 0 Å². The summed E-state index contributed by atoms with van der Waals surface area (Å²) in [5.74, 6) is -0.941. The maximum absolute atomic E-state index is 12.9. The van der Waals surface area contributed by atoms with Crippen molar-refractivity contribution in [2.24, 2.45) is 0 Å². The standard InChI is InChI=1S/C12H19F3O3.C8H13F3O2/c1-6-11(7-2,18-9(16)8(3)4)10(5,17)12(13,14)15;1-5-13-6(2,3)7(4,12)8(9,10)11/h17H,3,6-7H2,1-2,4-5H3;5,12H,1H2,2-4H3. The minimum Gasteiger partial charge on any atom is -0.493 e. The zero-order valence-electron chi connectivity index (χ0n) is 18.8. The number of aliphatic hydroxyl groups is 2. The lowest BCUT2D eigenvalue weighted by Gasteiger charge is -2.44. The molecular formula is C20H32F6O5. The second kappa shape index (κ2) is 10.2. The SMILES string of the molecule is C=C(C)C(=O)OC(CC)(CC)C(C)(O)C(F)(F)F.C=COC(C)(C)C(C)(O)C(F)(F)F. The summed E-state index contributed by atoms with van der Waals surface area (Å²) >= 11 is 0. The molecule has 0 spiro atoms. The quantitative estimate of drug-likeness (QED) is 0.222. The molecule has 0 rings (SSSR count). The predicted octanol–water partition coefficient (Wildman–Crippen LogP) is 5.22. The third kappa shape index (κ3) is 6.86. The van der Waals surface area contributed by atoms with Gasteiger partial charge in [-0.2, -0.15) is 26.3 Å². The molecule has 5 nitrogen and oxygen atoms in total. The molecule has 2 unspecified atom stereocenters. The number of esters is 1. The summed E-state index contributed by atoms with van der Waals surface area (Å²) in [7, 11) is 0. The third-order valence-electron chi connectivity index (χ3n) is 5.32. The molecule has 2 N–H and O–H groups in total. The van der Waals surface area contributed by atoms with Gasteiger partial charge in [-0.05, 0) is 47.5 Å². The van der Waals surface area contributed by atoms with E-state index in [0.717, 1.165) is 20.1 Å². The molecule has 0 aliphatic rings. The van der Waals surface area contributed by atoms with Gasteiger partial charge in [0.2, 0.25) is 0 Å². The van der Waals surface area contributed by atoms with Crippen LogP contribution >= 0.6 is 0 Å². The number of carbonyl (C=O) groups is 1. The van der Waals surface area contributed by atoms with Crippen LogP contribution in [0.3, 0.4) is 0 Å². The van der Waals surface area contributed by atoms with Crippen molar-refractivity contribution >= 4 is 5.97 Å². The van der Waals surface area contributed by atoms with Crippen LogP contribution < -0.4 is 0 Å². The molecule has 31 heavy (non-hydrogen) atoms. The first-order valence-electron chi connectivity index (χ1n) is 9.27. The largest absolute Gasteiger partial charge is 0.493 e. The van der Waals surface area contributed by atoms with Crippen LogP contribution in [0.4, 0.5) is 26.3 Å². The Balaban J connectivity index is 0. The summed E-state index contributed by atoms with van der Waals surface area (Å²) in [4.78, 5) is 11.4. The minimum atomic E-state index is -4.89. The highest BCUT2D eigenvalue weighted by Crippen LogP contribution is 2.44. The van der Waals surface area contributed by atoms with Gasteiger partial charge in [0, 0.05) is 5.57 Å². The topological polar surface area (TPSA) is 76.0 Å². The van der Waals surface area contributed by atoms with Crippen molar-refractivity contribution in [3.05, 3.63) is 25.0 Å². The van der Waals surface area contributed by atoms with E-state index >= 15 is 0 Å². The smallest absolute Gasteiger partial charge is 0.420 e. The molecule has 0 aromatic carbocycles. The Hall–Kier alpha value is -1.75. The molecule has 0 aromatic heterocycles. The highest BCUT2D eigenvalue weighted by atomic mass is 19.4. The summed E-state index contributed by atoms with van der Waals surface area (Å²) in [6, 6.07) is 0. The molecule has 0 fully saturated rings. The molecule has 0 saturated carbocycles. The van der Waals surface area contributed by atoms with Crippen molar-refractivity contribution in [3.8, 4) is 0 Å². The Morgan fingerprint density at radius 1 is 0.903 bits per heavy atom. The van der Waals surface area contributed by atoms with E-state index in [1.165, 1.54) is 20.8 Å². The molecule has 0 heterocycles. The molecule has 0 radical (unpaired) electrons. The van der Waals surface area contributed by atoms with E-state index in [1.807, 2.05) is 0 Å². The molecule has 0 aliphatic heterocycles. The summed E-state index contributed by atoms with van der Waals surface area (Å²) in [6.45, 7) is 14.2. The number of ether oxygens (including phenoxy) is 2. The highest BCUT2D eigenvalue weighted by molar-refractivity contribution is 5.87. The van der Waals surface area contributed by atoms with Crippen LogP contribution in [-0.2, 0) is 14.3 Å². The summed E-state index contributed by atoms with van der Waals surface area (Å²) in [5.41, 5.74) is -9.81. The highest BCUT2D eigenvalue weighted by Gasteiger charge is 2.64. The summed E-state index contributed by atoms with van der Waals surface area (Å²) in [6.07, 6.45) is -9.07. The first kappa shape index (κ1) is 31.4. The van der Waals surface area contributed by atoms with Crippen molar-refractivity contribution in [1.29, 1.82) is 0 Å². The fraction of sp³-hybridized carbons (Fsp3) is 0.750. The van der Waals surface area contributed by atoms with Gasteiger partial charge in [0.25, 0.3) is 0 Å². The van der Waals surface area contributed by atoms with Crippen molar-refractivity contribution in [1.82, 2.24) is 0 Å². The average Bonchev–Trinajstić information content (AvgIpc) is 2.57. The second-order valence-electron chi connectivity index (χ2n) is 7.81. The number of halogens is 6. The second-order valence-corrected chi connectivity index (χ2v) is 7.81. The predicted molar refractivity (Wildman–Crippen MR) is 103 cm³/mol. The van der Waals surface area contributed by atoms with E-state index in [0.29, 0.717) is 13.8 Å². The lowest BCUT2D eigenvalue weighted by Crippen LogP contribution is -2.62. The Morgan fingerprint density at radius 2 is 1.26 bits per heavy atom. The number of hydrogen-bond donors (Lipinski definition) is 2. The first-order valence-corrected chi connectivity index (χ1v) is 9.27. The van der Waals surface area contributed by atoms with Crippen LogP contribution in [0.1, 0.15) is 61.3 Å². The Labute approximate surface area is 178 Å². The normalized spacial score (nSPS) is 16.7. The molecular weight excluding hydrogens is 434 g/mol. The van der Waals surface area contributed by atoms with Gasteiger partial charge >= 0.3 is 18.3 Å². The van der Waals surface area contributed by atoms with Crippen LogP contribution in [0, 0.1) is 0 Å². The van der Waals surface area contributed by atoms with Gasteiger partial charge in [0.1, 0.15) is 11.2 Å². The van der Waals surface area contributed by atoms with E-state index in [9.17, 15) is 41.4 Å². The van der Waals surface area contributed by atoms with Gasteiger partial charge < -0.3 is 19.7 Å². The zero-order valence-corrected chi connectivity index (χ0v) is 18.8. The van der Waals surface area contributed by atoms with E-state index in [1.54, 1.807) is 0 Å². The fourth-order valence-electron chi connectivity index (χ4n) is 2.37. The zero-order chi connectivity index (χ0) is 25.7. The third-order valence-corrected chi connectivity index (χ3v) is 5.32. The maximum Gasteiger partial charge on any atom is 0.420 e.